The summed E-state index contributed by atoms with van der Waals surface area (Å²) in [6, 6.07) is 11.2. The number of nitrogens with one attached hydrogen (secondary N) is 1. The molecule has 0 saturated heterocycles. The predicted molar refractivity (Wildman–Crippen MR) is 116 cm³/mol. The number of aromatic nitrogens is 3. The Kier molecular flexibility index (Phi) is 6.06. The molecular formula is C21H19ClN4O3S. The van der Waals surface area contributed by atoms with Gasteiger partial charge < -0.3 is 14.3 Å². The van der Waals surface area contributed by atoms with Crippen molar-refractivity contribution in [2.24, 2.45) is 0 Å². The average molecular weight is 443 g/mol. The molecule has 0 bridgehead atoms. The van der Waals surface area contributed by atoms with E-state index in [-0.39, 0.29) is 12.3 Å². The number of hydrogen-bond acceptors (Lipinski definition) is 7. The highest BCUT2D eigenvalue weighted by Gasteiger charge is 2.12. The molecule has 2 heterocycles. The molecule has 30 heavy (non-hydrogen) atoms. The molecule has 2 aromatic carbocycles. The van der Waals surface area contributed by atoms with Crippen LogP contribution in [0.25, 0.3) is 11.1 Å². The van der Waals surface area contributed by atoms with Gasteiger partial charge >= 0.3 is 0 Å². The van der Waals surface area contributed by atoms with Crippen molar-refractivity contribution in [3.63, 3.8) is 0 Å². The summed E-state index contributed by atoms with van der Waals surface area (Å²) >= 11 is 7.33. The van der Waals surface area contributed by atoms with Crippen LogP contribution in [0.15, 0.2) is 50.6 Å². The zero-order valence-electron chi connectivity index (χ0n) is 16.4. The summed E-state index contributed by atoms with van der Waals surface area (Å²) in [6.07, 6.45) is 0.628. The maximum Gasteiger partial charge on any atom is 0.257 e. The number of fused-ring (bicyclic) bond motifs is 1. The Morgan fingerprint density at radius 1 is 1.13 bits per heavy atom. The lowest BCUT2D eigenvalue weighted by molar-refractivity contribution is -0.116. The molecular weight excluding hydrogens is 424 g/mol. The number of benzene rings is 2. The molecule has 0 fully saturated rings. The highest BCUT2D eigenvalue weighted by Crippen LogP contribution is 2.27. The van der Waals surface area contributed by atoms with Gasteiger partial charge in [0, 0.05) is 23.6 Å². The van der Waals surface area contributed by atoms with Gasteiger partial charge in [-0.15, -0.1) is 0 Å². The second kappa shape index (κ2) is 8.89. The number of hydrogen-bond donors (Lipinski definition) is 1. The SMILES string of the molecule is Cc1cc(C)cc(NC(=O)CCc2nc(CSc3nc4cc(Cl)ccc4o3)no2)c1. The molecule has 0 aliphatic rings. The molecule has 2 aromatic heterocycles. The molecule has 0 aliphatic carbocycles. The average Bonchev–Trinajstić information content (AvgIpc) is 3.29. The van der Waals surface area contributed by atoms with Crippen LogP contribution in [0.1, 0.15) is 29.3 Å². The first kappa shape index (κ1) is 20.4. The number of thioether (sulfide) groups is 1. The molecule has 9 heteroatoms. The molecule has 1 N–H and O–H groups in total. The van der Waals surface area contributed by atoms with Crippen molar-refractivity contribution in [2.45, 2.75) is 37.7 Å². The van der Waals surface area contributed by atoms with Crippen molar-refractivity contribution in [3.8, 4) is 0 Å². The minimum absolute atomic E-state index is 0.0979. The fourth-order valence-corrected chi connectivity index (χ4v) is 3.86. The fraction of sp³-hybridized carbons (Fsp3) is 0.238. The van der Waals surface area contributed by atoms with E-state index in [0.717, 1.165) is 16.8 Å². The van der Waals surface area contributed by atoms with Crippen molar-refractivity contribution in [3.05, 3.63) is 64.3 Å². The maximum atomic E-state index is 12.2. The van der Waals surface area contributed by atoms with E-state index in [1.807, 2.05) is 26.0 Å². The number of nitrogens with zero attached hydrogens (tertiary/aromatic N) is 3. The molecule has 4 rings (SSSR count). The third-order valence-electron chi connectivity index (χ3n) is 4.24. The van der Waals surface area contributed by atoms with Crippen LogP contribution >= 0.6 is 23.4 Å². The van der Waals surface area contributed by atoms with Crippen LogP contribution in [0.3, 0.4) is 0 Å². The van der Waals surface area contributed by atoms with Crippen molar-refractivity contribution in [1.29, 1.82) is 0 Å². The van der Waals surface area contributed by atoms with E-state index in [2.05, 4.69) is 26.5 Å². The Hall–Kier alpha value is -2.84. The van der Waals surface area contributed by atoms with Crippen molar-refractivity contribution >= 4 is 46.1 Å². The molecule has 0 radical (unpaired) electrons. The summed E-state index contributed by atoms with van der Waals surface area (Å²) in [6.45, 7) is 3.99. The van der Waals surface area contributed by atoms with E-state index < -0.39 is 0 Å². The number of rotatable bonds is 7. The molecule has 0 spiro atoms. The van der Waals surface area contributed by atoms with Gasteiger partial charge in [-0.1, -0.05) is 34.6 Å². The second-order valence-corrected chi connectivity index (χ2v) is 8.27. The van der Waals surface area contributed by atoms with Gasteiger partial charge in [0.25, 0.3) is 5.22 Å². The highest BCUT2D eigenvalue weighted by atomic mass is 35.5. The Bertz CT molecular complexity index is 1180. The lowest BCUT2D eigenvalue weighted by atomic mass is 10.1. The highest BCUT2D eigenvalue weighted by molar-refractivity contribution is 7.98. The van der Waals surface area contributed by atoms with E-state index in [0.29, 0.717) is 45.2 Å². The van der Waals surface area contributed by atoms with Crippen molar-refractivity contribution in [2.75, 3.05) is 5.32 Å². The van der Waals surface area contributed by atoms with Crippen molar-refractivity contribution in [1.82, 2.24) is 15.1 Å². The summed E-state index contributed by atoms with van der Waals surface area (Å²) in [7, 11) is 0. The summed E-state index contributed by atoms with van der Waals surface area (Å²) in [5, 5.41) is 7.97. The first-order valence-electron chi connectivity index (χ1n) is 9.33. The van der Waals surface area contributed by atoms with Crippen LogP contribution in [0.4, 0.5) is 5.69 Å². The normalized spacial score (nSPS) is 11.2. The Morgan fingerprint density at radius 2 is 1.93 bits per heavy atom. The Morgan fingerprint density at radius 3 is 2.73 bits per heavy atom. The third-order valence-corrected chi connectivity index (χ3v) is 5.30. The topological polar surface area (TPSA) is 94.1 Å². The molecule has 154 valence electrons. The zero-order chi connectivity index (χ0) is 21.1. The second-order valence-electron chi connectivity index (χ2n) is 6.91. The summed E-state index contributed by atoms with van der Waals surface area (Å²) in [4.78, 5) is 20.9. The predicted octanol–water partition coefficient (Wildman–Crippen LogP) is 5.34. The van der Waals surface area contributed by atoms with Crippen molar-refractivity contribution < 1.29 is 13.7 Å². The maximum absolute atomic E-state index is 12.2. The van der Waals surface area contributed by atoms with E-state index in [4.69, 9.17) is 20.5 Å². The molecule has 7 nitrogen and oxygen atoms in total. The molecule has 0 saturated carbocycles. The van der Waals surface area contributed by atoms with Gasteiger partial charge in [-0.3, -0.25) is 4.79 Å². The van der Waals surface area contributed by atoms with Crippen LogP contribution in [0.2, 0.25) is 5.02 Å². The molecule has 1 amide bonds. The van der Waals surface area contributed by atoms with Gasteiger partial charge in [0.1, 0.15) is 5.52 Å². The Labute approximate surface area is 182 Å². The summed E-state index contributed by atoms with van der Waals surface area (Å²) in [5.74, 6) is 1.29. The molecule has 0 atom stereocenters. The Balaban J connectivity index is 1.28. The van der Waals surface area contributed by atoms with Gasteiger partial charge in [0.05, 0.1) is 5.75 Å². The monoisotopic (exact) mass is 442 g/mol. The minimum Gasteiger partial charge on any atom is -0.431 e. The minimum atomic E-state index is -0.0979. The standard InChI is InChI=1S/C21H19ClN4O3S/c1-12-7-13(2)9-15(8-12)23-19(27)5-6-20-25-18(26-29-20)11-30-21-24-16-10-14(22)3-4-17(16)28-21/h3-4,7-10H,5-6,11H2,1-2H3,(H,23,27). The van der Waals surface area contributed by atoms with Crippen LogP contribution < -0.4 is 5.32 Å². The lowest BCUT2D eigenvalue weighted by Gasteiger charge is -2.06. The number of amides is 1. The van der Waals surface area contributed by atoms with Crippen LogP contribution in [-0.2, 0) is 17.0 Å². The van der Waals surface area contributed by atoms with Crippen LogP contribution in [0, 0.1) is 13.8 Å². The van der Waals surface area contributed by atoms with E-state index >= 15 is 0 Å². The number of halogens is 1. The van der Waals surface area contributed by atoms with Gasteiger partial charge in [0.15, 0.2) is 11.4 Å². The van der Waals surface area contributed by atoms with Gasteiger partial charge in [0.2, 0.25) is 11.8 Å². The largest absolute Gasteiger partial charge is 0.431 e. The molecule has 0 aliphatic heterocycles. The van der Waals surface area contributed by atoms with Crippen LogP contribution in [0.5, 0.6) is 0 Å². The number of oxazole rings is 1. The lowest BCUT2D eigenvalue weighted by Crippen LogP contribution is -2.12. The first-order chi connectivity index (χ1) is 14.4. The summed E-state index contributed by atoms with van der Waals surface area (Å²) < 4.78 is 10.9. The number of carbonyl (C=O) groups is 1. The molecule has 0 unspecified atom stereocenters. The summed E-state index contributed by atoms with van der Waals surface area (Å²) in [5.41, 5.74) is 4.37. The fourth-order valence-electron chi connectivity index (χ4n) is 3.01. The third kappa shape index (κ3) is 5.20. The zero-order valence-corrected chi connectivity index (χ0v) is 18.0. The van der Waals surface area contributed by atoms with E-state index in [9.17, 15) is 4.79 Å². The first-order valence-corrected chi connectivity index (χ1v) is 10.7. The van der Waals surface area contributed by atoms with Gasteiger partial charge in [-0.05, 0) is 55.3 Å². The van der Waals surface area contributed by atoms with Gasteiger partial charge in [-0.25, -0.2) is 4.98 Å². The smallest absolute Gasteiger partial charge is 0.257 e. The quantitative estimate of drug-likeness (QED) is 0.386. The molecule has 4 aromatic rings. The van der Waals surface area contributed by atoms with E-state index in [1.165, 1.54) is 11.8 Å². The van der Waals surface area contributed by atoms with Crippen LogP contribution in [-0.4, -0.2) is 21.0 Å². The number of carbonyl (C=O) groups excluding carboxylic acids is 1. The van der Waals surface area contributed by atoms with E-state index in [1.54, 1.807) is 18.2 Å². The number of anilines is 1. The number of aryl methyl sites for hydroxylation is 3. The van der Waals surface area contributed by atoms with Gasteiger partial charge in [-0.2, -0.15) is 4.98 Å².